The third-order valence-corrected chi connectivity index (χ3v) is 3.92. The van der Waals surface area contributed by atoms with Crippen LogP contribution < -0.4 is 5.32 Å². The molecule has 108 valence electrons. The van der Waals surface area contributed by atoms with E-state index in [-0.39, 0.29) is 11.7 Å². The lowest BCUT2D eigenvalue weighted by Crippen LogP contribution is -2.36. The maximum absolute atomic E-state index is 8.63. The van der Waals surface area contributed by atoms with Gasteiger partial charge in [-0.2, -0.15) is 5.26 Å². The molecular weight excluding hydrogens is 252 g/mol. The first-order valence-electron chi connectivity index (χ1n) is 7.11. The Balaban J connectivity index is 1.89. The van der Waals surface area contributed by atoms with Gasteiger partial charge in [0.05, 0.1) is 18.3 Å². The van der Waals surface area contributed by atoms with Crippen molar-refractivity contribution < 1.29 is 9.47 Å². The molecule has 0 aliphatic heterocycles. The molecule has 1 atom stereocenters. The number of ether oxygens (including phenoxy) is 2. The zero-order valence-corrected chi connectivity index (χ0v) is 12.2. The Morgan fingerprint density at radius 2 is 2.25 bits per heavy atom. The van der Waals surface area contributed by atoms with Crippen molar-refractivity contribution in [2.75, 3.05) is 25.6 Å². The van der Waals surface area contributed by atoms with E-state index in [1.165, 1.54) is 12.0 Å². The summed E-state index contributed by atoms with van der Waals surface area (Å²) in [5.41, 5.74) is 2.23. The highest BCUT2D eigenvalue weighted by Crippen LogP contribution is 2.44. The smallest absolute Gasteiger partial charge is 0.141 e. The number of nitrogens with one attached hydrogen (secondary N) is 1. The van der Waals surface area contributed by atoms with Gasteiger partial charge in [0, 0.05) is 19.3 Å². The summed E-state index contributed by atoms with van der Waals surface area (Å²) in [6.07, 6.45) is 3.06. The van der Waals surface area contributed by atoms with Crippen molar-refractivity contribution in [1.82, 2.24) is 0 Å². The van der Waals surface area contributed by atoms with Crippen LogP contribution in [0.15, 0.2) is 24.3 Å². The van der Waals surface area contributed by atoms with E-state index in [4.69, 9.17) is 14.7 Å². The number of hydrogen-bond donors (Lipinski definition) is 1. The van der Waals surface area contributed by atoms with Crippen molar-refractivity contribution in [3.05, 3.63) is 29.8 Å². The van der Waals surface area contributed by atoms with E-state index in [9.17, 15) is 0 Å². The van der Waals surface area contributed by atoms with Crippen LogP contribution in [-0.2, 0) is 15.1 Å². The second-order valence-electron chi connectivity index (χ2n) is 5.20. The lowest BCUT2D eigenvalue weighted by Gasteiger charge is -2.41. The fourth-order valence-corrected chi connectivity index (χ4v) is 2.49. The van der Waals surface area contributed by atoms with Crippen molar-refractivity contribution >= 4 is 5.69 Å². The highest BCUT2D eigenvalue weighted by molar-refractivity contribution is 5.47. The molecule has 1 N–H and O–H groups in total. The van der Waals surface area contributed by atoms with Crippen LogP contribution in [-0.4, -0.2) is 26.4 Å². The molecule has 0 amide bonds. The number of nitriles is 1. The minimum Gasteiger partial charge on any atom is -0.383 e. The minimum atomic E-state index is -0.352. The van der Waals surface area contributed by atoms with Crippen molar-refractivity contribution in [1.29, 1.82) is 5.26 Å². The Morgan fingerprint density at radius 3 is 2.85 bits per heavy atom. The van der Waals surface area contributed by atoms with Gasteiger partial charge in [0.25, 0.3) is 0 Å². The molecule has 1 fully saturated rings. The molecule has 0 bridgehead atoms. The molecule has 0 heterocycles. The molecule has 1 aliphatic carbocycles. The standard InChI is InChI=1S/C16H22N2O2/c1-13(12-17)20-10-9-18-15-6-3-5-14(11-15)16(19-2)7-4-8-16/h3,5-6,11,13,18H,4,7-10H2,1-2H3. The van der Waals surface area contributed by atoms with Gasteiger partial charge < -0.3 is 14.8 Å². The van der Waals surface area contributed by atoms with E-state index in [0.29, 0.717) is 13.2 Å². The van der Waals surface area contributed by atoms with E-state index >= 15 is 0 Å². The molecular formula is C16H22N2O2. The largest absolute Gasteiger partial charge is 0.383 e. The number of anilines is 1. The van der Waals surface area contributed by atoms with Gasteiger partial charge >= 0.3 is 0 Å². The topological polar surface area (TPSA) is 54.3 Å². The number of hydrogen-bond acceptors (Lipinski definition) is 4. The second-order valence-corrected chi connectivity index (χ2v) is 5.20. The average Bonchev–Trinajstić information content (AvgIpc) is 2.43. The summed E-state index contributed by atoms with van der Waals surface area (Å²) in [4.78, 5) is 0. The molecule has 1 aromatic rings. The SMILES string of the molecule is COC1(c2cccc(NCCOC(C)C#N)c2)CCC1. The number of methoxy groups -OCH3 is 1. The van der Waals surface area contributed by atoms with Gasteiger partial charge in [-0.25, -0.2) is 0 Å². The van der Waals surface area contributed by atoms with Gasteiger partial charge in [-0.3, -0.25) is 0 Å². The predicted octanol–water partition coefficient (Wildman–Crippen LogP) is 3.05. The van der Waals surface area contributed by atoms with Gasteiger partial charge in [0.2, 0.25) is 0 Å². The van der Waals surface area contributed by atoms with Gasteiger partial charge in [-0.05, 0) is 43.9 Å². The summed E-state index contributed by atoms with van der Waals surface area (Å²) in [6.45, 7) is 2.96. The first-order valence-corrected chi connectivity index (χ1v) is 7.11. The van der Waals surface area contributed by atoms with Crippen molar-refractivity contribution in [2.24, 2.45) is 0 Å². The van der Waals surface area contributed by atoms with Crippen LogP contribution in [0.2, 0.25) is 0 Å². The fraction of sp³-hybridized carbons (Fsp3) is 0.562. The molecule has 0 spiro atoms. The van der Waals surface area contributed by atoms with Gasteiger partial charge in [-0.1, -0.05) is 12.1 Å². The van der Waals surface area contributed by atoms with Crippen LogP contribution in [0.5, 0.6) is 0 Å². The number of nitrogens with zero attached hydrogens (tertiary/aromatic N) is 1. The predicted molar refractivity (Wildman–Crippen MR) is 78.5 cm³/mol. The van der Waals surface area contributed by atoms with Crippen LogP contribution in [0, 0.1) is 11.3 Å². The minimum absolute atomic E-state index is 0.0798. The third-order valence-electron chi connectivity index (χ3n) is 3.92. The normalized spacial score (nSPS) is 17.9. The van der Waals surface area contributed by atoms with Crippen molar-refractivity contribution in [3.63, 3.8) is 0 Å². The molecule has 2 rings (SSSR count). The molecule has 1 saturated carbocycles. The van der Waals surface area contributed by atoms with Crippen LogP contribution in [0.4, 0.5) is 5.69 Å². The van der Waals surface area contributed by atoms with E-state index < -0.39 is 0 Å². The van der Waals surface area contributed by atoms with Crippen molar-refractivity contribution in [3.8, 4) is 6.07 Å². The lowest BCUT2D eigenvalue weighted by molar-refractivity contribution is -0.0778. The molecule has 1 unspecified atom stereocenters. The fourth-order valence-electron chi connectivity index (χ4n) is 2.49. The molecule has 1 aliphatic rings. The van der Waals surface area contributed by atoms with Crippen LogP contribution >= 0.6 is 0 Å². The average molecular weight is 274 g/mol. The molecule has 0 radical (unpaired) electrons. The van der Waals surface area contributed by atoms with Gasteiger partial charge in [0.15, 0.2) is 0 Å². The maximum Gasteiger partial charge on any atom is 0.141 e. The first-order chi connectivity index (χ1) is 9.70. The Hall–Kier alpha value is -1.57. The van der Waals surface area contributed by atoms with E-state index in [1.807, 2.05) is 12.1 Å². The summed E-state index contributed by atoms with van der Waals surface area (Å²) in [5.74, 6) is 0. The quantitative estimate of drug-likeness (QED) is 0.776. The second kappa shape index (κ2) is 6.74. The maximum atomic E-state index is 8.63. The summed E-state index contributed by atoms with van der Waals surface area (Å²) in [6, 6.07) is 10.4. The molecule has 0 saturated heterocycles. The van der Waals surface area contributed by atoms with E-state index in [0.717, 1.165) is 18.5 Å². The first kappa shape index (κ1) is 14.8. The number of rotatable bonds is 7. The monoisotopic (exact) mass is 274 g/mol. The summed E-state index contributed by atoms with van der Waals surface area (Å²) < 4.78 is 11.0. The molecule has 20 heavy (non-hydrogen) atoms. The zero-order valence-electron chi connectivity index (χ0n) is 12.2. The number of benzene rings is 1. The van der Waals surface area contributed by atoms with Crippen LogP contribution in [0.1, 0.15) is 31.7 Å². The third kappa shape index (κ3) is 3.30. The molecule has 4 heteroatoms. The van der Waals surface area contributed by atoms with E-state index in [1.54, 1.807) is 14.0 Å². The highest BCUT2D eigenvalue weighted by Gasteiger charge is 2.38. The van der Waals surface area contributed by atoms with Crippen molar-refractivity contribution in [2.45, 2.75) is 37.9 Å². The zero-order chi connectivity index (χ0) is 14.4. The van der Waals surface area contributed by atoms with Gasteiger partial charge in [-0.15, -0.1) is 0 Å². The molecule has 4 nitrogen and oxygen atoms in total. The van der Waals surface area contributed by atoms with Crippen LogP contribution in [0.25, 0.3) is 0 Å². The Morgan fingerprint density at radius 1 is 1.45 bits per heavy atom. The Labute approximate surface area is 120 Å². The van der Waals surface area contributed by atoms with Gasteiger partial charge in [0.1, 0.15) is 6.10 Å². The highest BCUT2D eigenvalue weighted by atomic mass is 16.5. The Bertz CT molecular complexity index is 472. The molecule has 1 aromatic carbocycles. The lowest BCUT2D eigenvalue weighted by atomic mass is 9.75. The summed E-state index contributed by atoms with van der Waals surface area (Å²) >= 11 is 0. The summed E-state index contributed by atoms with van der Waals surface area (Å²) in [5, 5.41) is 11.9. The molecule has 0 aromatic heterocycles. The Kier molecular flexibility index (Phi) is 4.99. The van der Waals surface area contributed by atoms with Crippen LogP contribution in [0.3, 0.4) is 0 Å². The summed E-state index contributed by atoms with van der Waals surface area (Å²) in [7, 11) is 1.79. The van der Waals surface area contributed by atoms with E-state index in [2.05, 4.69) is 23.5 Å².